The molecule has 0 aliphatic rings. The Morgan fingerprint density at radius 2 is 1.42 bits per heavy atom. The maximum absolute atomic E-state index is 12.8. The van der Waals surface area contributed by atoms with Crippen LogP contribution in [0.5, 0.6) is 0 Å². The number of hydrogen-bond acceptors (Lipinski definition) is 14. The van der Waals surface area contributed by atoms with Crippen molar-refractivity contribution in [1.29, 1.82) is 0 Å². The fraction of sp³-hybridized carbons (Fsp3) is 0.462. The van der Waals surface area contributed by atoms with Crippen LogP contribution in [0, 0.1) is 0 Å². The lowest BCUT2D eigenvalue weighted by molar-refractivity contribution is -0.183. The molecule has 0 unspecified atom stereocenters. The Kier molecular flexibility index (Phi) is 15.7. The minimum atomic E-state index is -1.78. The van der Waals surface area contributed by atoms with Gasteiger partial charge in [-0.2, -0.15) is 15.2 Å². The van der Waals surface area contributed by atoms with Gasteiger partial charge in [-0.25, -0.2) is 15.0 Å². The van der Waals surface area contributed by atoms with Crippen molar-refractivity contribution in [2.24, 2.45) is 10.2 Å². The molecule has 0 saturated heterocycles. The third-order valence-electron chi connectivity index (χ3n) is 4.69. The highest BCUT2D eigenvalue weighted by atomic mass is 35.5. The predicted octanol–water partition coefficient (Wildman–Crippen LogP) is 2.75. The van der Waals surface area contributed by atoms with Crippen molar-refractivity contribution in [2.45, 2.75) is 59.9 Å². The second-order valence-electron chi connectivity index (χ2n) is 8.16. The monoisotopic (exact) mass is 628 g/mol. The molecule has 0 aliphatic heterocycles. The van der Waals surface area contributed by atoms with E-state index in [1.165, 1.54) is 31.2 Å². The number of rotatable bonds is 14. The lowest BCUT2D eigenvalue weighted by atomic mass is 10.0. The molecule has 0 bridgehead atoms. The number of nitrogens with zero attached hydrogens (tertiary/aromatic N) is 3. The second kappa shape index (κ2) is 18.7. The molecule has 43 heavy (non-hydrogen) atoms. The van der Waals surface area contributed by atoms with Gasteiger partial charge in [-0.15, -0.1) is 0 Å². The minimum absolute atomic E-state index is 0.0192. The van der Waals surface area contributed by atoms with E-state index in [2.05, 4.69) is 15.6 Å². The Balaban J connectivity index is 3.83. The smallest absolute Gasteiger partial charge is 0.435 e. The fourth-order valence-electron chi connectivity index (χ4n) is 3.15. The van der Waals surface area contributed by atoms with E-state index in [0.717, 1.165) is 38.9 Å². The standard InChI is InChI=1S/C26H33ClN4O12/c1-7-38-25(36)30-29-21(13-28-31(26(37)39-8-2)20-11-9-19(27)10-12-20)23(42-17(5)34)24(43-18(6)35)22(41-16(4)33)14-40-15(3)32/h9-13,22-24H,7-8,14H2,1-6H3,(H,30,36)/b28-13+,29-21-/t22-,23-,24-/m1/s1. The Labute approximate surface area is 252 Å². The third kappa shape index (κ3) is 13.7. The summed E-state index contributed by atoms with van der Waals surface area (Å²) < 4.78 is 30.8. The molecule has 1 aromatic carbocycles. The molecule has 0 heterocycles. The first-order valence-corrected chi connectivity index (χ1v) is 13.1. The first kappa shape index (κ1) is 36.3. The number of anilines is 1. The average molecular weight is 629 g/mol. The van der Waals surface area contributed by atoms with Gasteiger partial charge in [-0.1, -0.05) is 11.6 Å². The molecule has 236 valence electrons. The van der Waals surface area contributed by atoms with Gasteiger partial charge in [0.1, 0.15) is 12.3 Å². The molecule has 0 fully saturated rings. The third-order valence-corrected chi connectivity index (χ3v) is 4.94. The van der Waals surface area contributed by atoms with Crippen LogP contribution in [-0.2, 0) is 47.6 Å². The number of esters is 4. The van der Waals surface area contributed by atoms with Gasteiger partial charge in [0, 0.05) is 32.7 Å². The van der Waals surface area contributed by atoms with Crippen molar-refractivity contribution in [3.63, 3.8) is 0 Å². The van der Waals surface area contributed by atoms with Gasteiger partial charge in [-0.3, -0.25) is 19.2 Å². The zero-order valence-corrected chi connectivity index (χ0v) is 25.1. The van der Waals surface area contributed by atoms with Gasteiger partial charge >= 0.3 is 36.1 Å². The fourth-order valence-corrected chi connectivity index (χ4v) is 3.28. The van der Waals surface area contributed by atoms with E-state index in [1.54, 1.807) is 6.92 Å². The SMILES string of the molecule is CCOC(=O)N/N=C(/C=N/N(C(=O)OCC)c1ccc(Cl)cc1)[C@@H](OC(C)=O)[C@H](OC(C)=O)[C@@H](COC(C)=O)OC(C)=O. The molecule has 0 aromatic heterocycles. The molecule has 0 radical (unpaired) electrons. The summed E-state index contributed by atoms with van der Waals surface area (Å²) in [6.07, 6.45) is -6.12. The van der Waals surface area contributed by atoms with E-state index in [1.807, 2.05) is 0 Å². The van der Waals surface area contributed by atoms with Crippen molar-refractivity contribution in [2.75, 3.05) is 24.8 Å². The Morgan fingerprint density at radius 1 is 0.837 bits per heavy atom. The van der Waals surface area contributed by atoms with E-state index >= 15 is 0 Å². The van der Waals surface area contributed by atoms with Gasteiger partial charge in [-0.05, 0) is 38.1 Å². The number of carbonyl (C=O) groups is 6. The molecule has 16 nitrogen and oxygen atoms in total. The van der Waals surface area contributed by atoms with E-state index < -0.39 is 66.7 Å². The second-order valence-corrected chi connectivity index (χ2v) is 8.59. The van der Waals surface area contributed by atoms with Gasteiger partial charge in [0.05, 0.1) is 25.1 Å². The summed E-state index contributed by atoms with van der Waals surface area (Å²) in [5.41, 5.74) is 1.80. The average Bonchev–Trinajstić information content (AvgIpc) is 2.91. The lowest BCUT2D eigenvalue weighted by Crippen LogP contribution is -2.51. The van der Waals surface area contributed by atoms with E-state index in [-0.39, 0.29) is 18.9 Å². The number of ether oxygens (including phenoxy) is 6. The Hall–Kier alpha value is -4.73. The van der Waals surface area contributed by atoms with Gasteiger partial charge in [0.15, 0.2) is 18.3 Å². The molecule has 2 amide bonds. The van der Waals surface area contributed by atoms with Crippen LogP contribution >= 0.6 is 11.6 Å². The number of halogens is 1. The molecule has 17 heteroatoms. The maximum atomic E-state index is 12.8. The van der Waals surface area contributed by atoms with Crippen LogP contribution in [0.4, 0.5) is 15.3 Å². The highest BCUT2D eigenvalue weighted by Gasteiger charge is 2.41. The molecular formula is C26H33ClN4O12. The number of hydrazone groups is 2. The molecule has 0 spiro atoms. The minimum Gasteiger partial charge on any atom is -0.462 e. The first-order chi connectivity index (χ1) is 20.3. The topological polar surface area (TPSA) is 198 Å². The summed E-state index contributed by atoms with van der Waals surface area (Å²) in [5.74, 6) is -3.50. The Bertz CT molecular complexity index is 1210. The first-order valence-electron chi connectivity index (χ1n) is 12.7. The molecule has 3 atom stereocenters. The van der Waals surface area contributed by atoms with Crippen LogP contribution in [0.2, 0.25) is 5.02 Å². The number of amides is 2. The molecule has 1 rings (SSSR count). The lowest BCUT2D eigenvalue weighted by Gasteiger charge is -2.31. The number of carbonyl (C=O) groups excluding carboxylic acids is 6. The van der Waals surface area contributed by atoms with Crippen molar-refractivity contribution in [3.05, 3.63) is 29.3 Å². The normalized spacial score (nSPS) is 13.1. The Morgan fingerprint density at radius 3 is 1.93 bits per heavy atom. The van der Waals surface area contributed by atoms with E-state index in [9.17, 15) is 28.8 Å². The summed E-state index contributed by atoms with van der Waals surface area (Å²) in [7, 11) is 0. The van der Waals surface area contributed by atoms with Crippen molar-refractivity contribution in [3.8, 4) is 0 Å². The quantitative estimate of drug-likeness (QED) is 0.137. The van der Waals surface area contributed by atoms with Crippen LogP contribution in [0.3, 0.4) is 0 Å². The van der Waals surface area contributed by atoms with Crippen LogP contribution in [-0.4, -0.2) is 86.1 Å². The zero-order valence-electron chi connectivity index (χ0n) is 24.4. The number of nitrogens with one attached hydrogen (secondary N) is 1. The number of benzene rings is 1. The molecule has 1 aromatic rings. The zero-order chi connectivity index (χ0) is 32.5. The summed E-state index contributed by atoms with van der Waals surface area (Å²) >= 11 is 5.96. The summed E-state index contributed by atoms with van der Waals surface area (Å²) in [6.45, 7) is 6.55. The molecule has 1 N–H and O–H groups in total. The van der Waals surface area contributed by atoms with Crippen molar-refractivity contribution in [1.82, 2.24) is 5.43 Å². The molecule has 0 saturated carbocycles. The summed E-state index contributed by atoms with van der Waals surface area (Å²) in [5, 5.41) is 9.15. The highest BCUT2D eigenvalue weighted by Crippen LogP contribution is 2.20. The van der Waals surface area contributed by atoms with Gasteiger partial charge in [0.25, 0.3) is 0 Å². The number of hydrogen-bond donors (Lipinski definition) is 1. The van der Waals surface area contributed by atoms with Crippen molar-refractivity contribution < 1.29 is 57.2 Å². The largest absolute Gasteiger partial charge is 0.462 e. The summed E-state index contributed by atoms with van der Waals surface area (Å²) in [4.78, 5) is 72.6. The van der Waals surface area contributed by atoms with Crippen LogP contribution < -0.4 is 10.4 Å². The molecule has 0 aliphatic carbocycles. The van der Waals surface area contributed by atoms with Gasteiger partial charge < -0.3 is 28.4 Å². The van der Waals surface area contributed by atoms with Gasteiger partial charge in [0.2, 0.25) is 0 Å². The van der Waals surface area contributed by atoms with E-state index in [0.29, 0.717) is 5.02 Å². The van der Waals surface area contributed by atoms with Crippen LogP contribution in [0.15, 0.2) is 34.5 Å². The highest BCUT2D eigenvalue weighted by molar-refractivity contribution is 6.33. The predicted molar refractivity (Wildman–Crippen MR) is 150 cm³/mol. The van der Waals surface area contributed by atoms with Crippen LogP contribution in [0.25, 0.3) is 0 Å². The van der Waals surface area contributed by atoms with Crippen LogP contribution in [0.1, 0.15) is 41.5 Å². The van der Waals surface area contributed by atoms with E-state index in [4.69, 9.17) is 40.0 Å². The summed E-state index contributed by atoms with van der Waals surface area (Å²) in [6, 6.07) is 5.86. The van der Waals surface area contributed by atoms with Crippen molar-refractivity contribution >= 4 is 65.3 Å². The molecular weight excluding hydrogens is 596 g/mol. The maximum Gasteiger partial charge on any atom is 0.435 e.